The first kappa shape index (κ1) is 17.3. The van der Waals surface area contributed by atoms with Crippen molar-refractivity contribution in [2.45, 2.75) is 19.8 Å². The van der Waals surface area contributed by atoms with Crippen molar-refractivity contribution in [1.29, 1.82) is 0 Å². The lowest BCUT2D eigenvalue weighted by atomic mass is 10.3. The molecule has 1 aliphatic rings. The van der Waals surface area contributed by atoms with Crippen LogP contribution < -0.4 is 13.7 Å². The Morgan fingerprint density at radius 2 is 2.09 bits per heavy atom. The molecule has 0 aromatic heterocycles. The first-order chi connectivity index (χ1) is 10.2. The van der Waals surface area contributed by atoms with E-state index in [1.807, 2.05) is 6.92 Å². The van der Waals surface area contributed by atoms with Gasteiger partial charge in [0.05, 0.1) is 22.2 Å². The molecule has 7 nitrogen and oxygen atoms in total. The molecule has 1 saturated heterocycles. The molecule has 0 unspecified atom stereocenters. The quantitative estimate of drug-likeness (QED) is 0.797. The highest BCUT2D eigenvalue weighted by Crippen LogP contribution is 2.31. The van der Waals surface area contributed by atoms with Gasteiger partial charge in [0, 0.05) is 13.1 Å². The summed E-state index contributed by atoms with van der Waals surface area (Å²) in [4.78, 5) is 0. The first-order valence-electron chi connectivity index (χ1n) is 6.82. The van der Waals surface area contributed by atoms with Crippen LogP contribution in [0.3, 0.4) is 0 Å². The molecule has 124 valence electrons. The van der Waals surface area contributed by atoms with Gasteiger partial charge in [-0.1, -0.05) is 18.5 Å². The second-order valence-electron chi connectivity index (χ2n) is 4.91. The van der Waals surface area contributed by atoms with E-state index in [4.69, 9.17) is 11.6 Å². The summed E-state index contributed by atoms with van der Waals surface area (Å²) in [6.45, 7) is 2.52. The lowest BCUT2D eigenvalue weighted by molar-refractivity contribution is 0.586. The predicted molar refractivity (Wildman–Crippen MR) is 88.0 cm³/mol. The third-order valence-electron chi connectivity index (χ3n) is 3.12. The molecule has 1 aromatic rings. The Kier molecular flexibility index (Phi) is 5.21. The van der Waals surface area contributed by atoms with Gasteiger partial charge in [-0.15, -0.1) is 0 Å². The number of sulfonamides is 1. The van der Waals surface area contributed by atoms with Crippen molar-refractivity contribution in [2.24, 2.45) is 0 Å². The highest BCUT2D eigenvalue weighted by Gasteiger charge is 2.29. The highest BCUT2D eigenvalue weighted by molar-refractivity contribution is 7.93. The number of rotatable bonds is 6. The molecule has 0 radical (unpaired) electrons. The third-order valence-corrected chi connectivity index (χ3v) is 6.40. The van der Waals surface area contributed by atoms with Crippen LogP contribution in [0.2, 0.25) is 5.02 Å². The Labute approximate surface area is 135 Å². The lowest BCUT2D eigenvalue weighted by Gasteiger charge is -2.19. The summed E-state index contributed by atoms with van der Waals surface area (Å²) in [6.07, 6.45) is 1.20. The maximum Gasteiger partial charge on any atom is 0.299 e. The minimum Gasteiger partial charge on any atom is -0.270 e. The van der Waals surface area contributed by atoms with Crippen molar-refractivity contribution >= 4 is 43.2 Å². The fourth-order valence-electron chi connectivity index (χ4n) is 2.09. The average molecular weight is 368 g/mol. The zero-order valence-electron chi connectivity index (χ0n) is 12.0. The molecule has 10 heteroatoms. The van der Waals surface area contributed by atoms with Gasteiger partial charge in [0.1, 0.15) is 0 Å². The second-order valence-corrected chi connectivity index (χ2v) is 8.83. The van der Waals surface area contributed by atoms with E-state index in [1.165, 1.54) is 16.4 Å². The Bertz CT molecular complexity index is 750. The number of benzene rings is 1. The number of nitrogens with one attached hydrogen (secondary N) is 2. The van der Waals surface area contributed by atoms with Crippen LogP contribution in [0.4, 0.5) is 11.4 Å². The Morgan fingerprint density at radius 1 is 1.36 bits per heavy atom. The molecule has 1 fully saturated rings. The number of nitrogens with zero attached hydrogens (tertiary/aromatic N) is 1. The monoisotopic (exact) mass is 367 g/mol. The van der Waals surface area contributed by atoms with Crippen LogP contribution in [0, 0.1) is 0 Å². The van der Waals surface area contributed by atoms with Crippen LogP contribution in [0.25, 0.3) is 0 Å². The largest absolute Gasteiger partial charge is 0.299 e. The molecule has 1 aliphatic heterocycles. The maximum atomic E-state index is 11.9. The van der Waals surface area contributed by atoms with Crippen molar-refractivity contribution in [3.8, 4) is 0 Å². The van der Waals surface area contributed by atoms with Gasteiger partial charge in [-0.05, 0) is 31.0 Å². The summed E-state index contributed by atoms with van der Waals surface area (Å²) in [6, 6.07) is 4.46. The molecule has 2 rings (SSSR count). The summed E-state index contributed by atoms with van der Waals surface area (Å²) in [5, 5.41) is 0.196. The molecule has 0 amide bonds. The summed E-state index contributed by atoms with van der Waals surface area (Å²) in [5.41, 5.74) is 0.542. The molecule has 1 aromatic carbocycles. The van der Waals surface area contributed by atoms with Crippen LogP contribution in [-0.2, 0) is 20.2 Å². The summed E-state index contributed by atoms with van der Waals surface area (Å²) < 4.78 is 53.5. The fraction of sp³-hybridized carbons (Fsp3) is 0.500. The summed E-state index contributed by atoms with van der Waals surface area (Å²) in [5.74, 6) is 0.0920. The average Bonchev–Trinajstić information content (AvgIpc) is 2.78. The van der Waals surface area contributed by atoms with E-state index < -0.39 is 20.2 Å². The van der Waals surface area contributed by atoms with E-state index in [2.05, 4.69) is 9.44 Å². The highest BCUT2D eigenvalue weighted by atomic mass is 35.5. The van der Waals surface area contributed by atoms with Gasteiger partial charge in [-0.25, -0.2) is 8.42 Å². The lowest BCUT2D eigenvalue weighted by Crippen LogP contribution is -2.31. The van der Waals surface area contributed by atoms with Crippen molar-refractivity contribution in [3.63, 3.8) is 0 Å². The topological polar surface area (TPSA) is 95.6 Å². The third kappa shape index (κ3) is 4.03. The standard InChI is InChI=1S/C12H18ClN3O4S2/c1-2-6-14-22(19,20)15-12-9-10(4-5-11(12)13)16-7-3-8-21(16,17)18/h4-5,9,14-15H,2-3,6-8H2,1H3. The van der Waals surface area contributed by atoms with E-state index >= 15 is 0 Å². The Hall–Kier alpha value is -1.03. The van der Waals surface area contributed by atoms with Gasteiger partial charge in [-0.3, -0.25) is 9.03 Å². The van der Waals surface area contributed by atoms with Crippen LogP contribution in [-0.4, -0.2) is 35.7 Å². The smallest absolute Gasteiger partial charge is 0.270 e. The van der Waals surface area contributed by atoms with Gasteiger partial charge in [-0.2, -0.15) is 13.1 Å². The van der Waals surface area contributed by atoms with Crippen molar-refractivity contribution < 1.29 is 16.8 Å². The van der Waals surface area contributed by atoms with E-state index in [1.54, 1.807) is 6.07 Å². The Morgan fingerprint density at radius 3 is 2.68 bits per heavy atom. The molecule has 0 saturated carbocycles. The molecular formula is C12H18ClN3O4S2. The van der Waals surface area contributed by atoms with Crippen molar-refractivity contribution in [2.75, 3.05) is 27.9 Å². The van der Waals surface area contributed by atoms with Crippen LogP contribution >= 0.6 is 11.6 Å². The molecule has 0 aliphatic carbocycles. The zero-order chi connectivity index (χ0) is 16.4. The normalized spacial score (nSPS) is 17.6. The van der Waals surface area contributed by atoms with Gasteiger partial charge in [0.15, 0.2) is 0 Å². The zero-order valence-corrected chi connectivity index (χ0v) is 14.4. The fourth-order valence-corrected chi connectivity index (χ4v) is 4.87. The minimum atomic E-state index is -3.74. The van der Waals surface area contributed by atoms with Crippen LogP contribution in [0.5, 0.6) is 0 Å². The van der Waals surface area contributed by atoms with Gasteiger partial charge in [0.25, 0.3) is 10.2 Å². The molecule has 1 heterocycles. The first-order valence-corrected chi connectivity index (χ1v) is 10.3. The maximum absolute atomic E-state index is 11.9. The van der Waals surface area contributed by atoms with E-state index in [0.717, 1.165) is 0 Å². The molecule has 2 N–H and O–H groups in total. The Balaban J connectivity index is 2.28. The van der Waals surface area contributed by atoms with E-state index in [0.29, 0.717) is 31.6 Å². The van der Waals surface area contributed by atoms with Crippen molar-refractivity contribution in [3.05, 3.63) is 23.2 Å². The van der Waals surface area contributed by atoms with E-state index in [-0.39, 0.29) is 16.5 Å². The number of hydrogen-bond acceptors (Lipinski definition) is 4. The van der Waals surface area contributed by atoms with Gasteiger partial charge >= 0.3 is 0 Å². The van der Waals surface area contributed by atoms with Crippen LogP contribution in [0.15, 0.2) is 18.2 Å². The van der Waals surface area contributed by atoms with E-state index in [9.17, 15) is 16.8 Å². The number of halogens is 1. The SMILES string of the molecule is CCCNS(=O)(=O)Nc1cc(N2CCCS2(=O)=O)ccc1Cl. The molecule has 22 heavy (non-hydrogen) atoms. The van der Waals surface area contributed by atoms with Crippen LogP contribution in [0.1, 0.15) is 19.8 Å². The molecule has 0 atom stereocenters. The number of anilines is 2. The number of hydrogen-bond donors (Lipinski definition) is 2. The molecular weight excluding hydrogens is 350 g/mol. The predicted octanol–water partition coefficient (Wildman–Crippen LogP) is 1.54. The summed E-state index contributed by atoms with van der Waals surface area (Å²) in [7, 11) is -7.07. The van der Waals surface area contributed by atoms with Gasteiger partial charge in [0.2, 0.25) is 10.0 Å². The van der Waals surface area contributed by atoms with Gasteiger partial charge < -0.3 is 0 Å². The minimum absolute atomic E-state index is 0.0920. The second kappa shape index (κ2) is 6.61. The molecule has 0 spiro atoms. The summed E-state index contributed by atoms with van der Waals surface area (Å²) >= 11 is 5.99. The van der Waals surface area contributed by atoms with Crippen molar-refractivity contribution in [1.82, 2.24) is 4.72 Å². The molecule has 0 bridgehead atoms.